The lowest BCUT2D eigenvalue weighted by Gasteiger charge is -2.20. The van der Waals surface area contributed by atoms with Gasteiger partial charge in [-0.25, -0.2) is 0 Å². The molecule has 87 heavy (non-hydrogen) atoms. The largest absolute Gasteiger partial charge is 0.466 e. The van der Waals surface area contributed by atoms with Crippen LogP contribution in [-0.2, 0) is 14.3 Å². The van der Waals surface area contributed by atoms with E-state index in [1.807, 2.05) is 6.08 Å². The molecule has 510 valence electrons. The molecule has 0 aliphatic carbocycles. The maximum absolute atomic E-state index is 12.5. The number of esters is 1. The van der Waals surface area contributed by atoms with Gasteiger partial charge in [0.15, 0.2) is 0 Å². The lowest BCUT2D eigenvalue weighted by atomic mass is 10.0. The SMILES string of the molecule is CCCCC/C=C\C/C=C\CCCCCCCCCCCC(=O)OCCCCCCCCCCCCCCC/C=C\C/C=C\CCCCCCCCCCCCCCCCCCCC(=O)NC(CO)C(O)/C=C/CCCCCCCCCCCCCC. The van der Waals surface area contributed by atoms with Crippen molar-refractivity contribution in [3.8, 4) is 0 Å². The third-order valence-electron chi connectivity index (χ3n) is 18.0. The van der Waals surface area contributed by atoms with Crippen LogP contribution in [0.5, 0.6) is 0 Å². The highest BCUT2D eigenvalue weighted by Crippen LogP contribution is 2.19. The molecular weight excluding hydrogens is 1070 g/mol. The molecule has 2 unspecified atom stereocenters. The predicted molar refractivity (Wildman–Crippen MR) is 384 cm³/mol. The number of hydrogen-bond donors (Lipinski definition) is 3. The fourth-order valence-corrected chi connectivity index (χ4v) is 12.1. The molecule has 6 nitrogen and oxygen atoms in total. The van der Waals surface area contributed by atoms with Gasteiger partial charge in [0.05, 0.1) is 25.4 Å². The summed E-state index contributed by atoms with van der Waals surface area (Å²) in [6.45, 7) is 4.90. The summed E-state index contributed by atoms with van der Waals surface area (Å²) in [7, 11) is 0. The van der Waals surface area contributed by atoms with Crippen LogP contribution in [0.25, 0.3) is 0 Å². The monoisotopic (exact) mass is 1220 g/mol. The Morgan fingerprint density at radius 1 is 0.322 bits per heavy atom. The first-order chi connectivity index (χ1) is 43.0. The minimum absolute atomic E-state index is 0.0149. The molecular formula is C81H151NO5. The minimum atomic E-state index is -0.843. The summed E-state index contributed by atoms with van der Waals surface area (Å²) in [5.74, 6) is -0.0488. The zero-order valence-corrected chi connectivity index (χ0v) is 58.5. The van der Waals surface area contributed by atoms with E-state index in [1.165, 1.54) is 334 Å². The second kappa shape index (κ2) is 76.0. The number of nitrogens with one attached hydrogen (secondary N) is 1. The Morgan fingerprint density at radius 3 is 0.897 bits per heavy atom. The number of rotatable bonds is 73. The molecule has 3 N–H and O–H groups in total. The maximum atomic E-state index is 12.5. The highest BCUT2D eigenvalue weighted by atomic mass is 16.5. The van der Waals surface area contributed by atoms with Crippen LogP contribution < -0.4 is 5.32 Å². The Bertz CT molecular complexity index is 1500. The van der Waals surface area contributed by atoms with Crippen molar-refractivity contribution in [1.82, 2.24) is 5.32 Å². The summed E-state index contributed by atoms with van der Waals surface area (Å²) in [5.41, 5.74) is 0. The molecule has 0 aromatic rings. The predicted octanol–water partition coefficient (Wildman–Crippen LogP) is 25.8. The summed E-state index contributed by atoms with van der Waals surface area (Å²) in [5, 5.41) is 23.2. The first-order valence-electron chi connectivity index (χ1n) is 39.1. The van der Waals surface area contributed by atoms with Crippen LogP contribution in [0.4, 0.5) is 0 Å². The molecule has 0 rings (SSSR count). The topological polar surface area (TPSA) is 95.9 Å². The van der Waals surface area contributed by atoms with E-state index in [0.29, 0.717) is 19.4 Å². The van der Waals surface area contributed by atoms with Crippen molar-refractivity contribution in [3.05, 3.63) is 60.8 Å². The van der Waals surface area contributed by atoms with E-state index >= 15 is 0 Å². The van der Waals surface area contributed by atoms with Crippen molar-refractivity contribution in [2.24, 2.45) is 0 Å². The van der Waals surface area contributed by atoms with E-state index in [2.05, 4.69) is 67.8 Å². The number of aliphatic hydroxyl groups excluding tert-OH is 2. The van der Waals surface area contributed by atoms with Crippen molar-refractivity contribution >= 4 is 11.9 Å². The summed E-state index contributed by atoms with van der Waals surface area (Å²) >= 11 is 0. The molecule has 0 heterocycles. The van der Waals surface area contributed by atoms with Crippen LogP contribution in [-0.4, -0.2) is 47.4 Å². The lowest BCUT2D eigenvalue weighted by Crippen LogP contribution is -2.45. The number of allylic oxidation sites excluding steroid dienone is 9. The highest BCUT2D eigenvalue weighted by Gasteiger charge is 2.18. The van der Waals surface area contributed by atoms with Gasteiger partial charge in [-0.1, -0.05) is 370 Å². The highest BCUT2D eigenvalue weighted by molar-refractivity contribution is 5.76. The molecule has 0 aliphatic heterocycles. The number of unbranched alkanes of at least 4 members (excludes halogenated alkanes) is 54. The standard InChI is InChI=1S/C81H151NO5/c1-3-5-7-9-11-13-15-17-19-20-40-44-47-51-55-59-63-67-71-75-81(86)87-76-72-68-64-60-56-52-48-45-42-39-37-35-33-31-29-27-25-23-21-22-24-26-28-30-32-34-36-38-41-43-46-50-54-58-62-66-70-74-80(85)82-78(77-83)79(84)73-69-65-61-57-53-49-18-16-14-12-10-8-6-4-2/h11,13,17,19,21,23,27,29,69,73,78-79,83-84H,3-10,12,14-16,18,20,22,24-26,28,30-68,70-72,74-77H2,1-2H3,(H,82,85)/b13-11-,19-17-,23-21-,29-27-,73-69+. The fraction of sp³-hybridized carbons (Fsp3) is 0.852. The van der Waals surface area contributed by atoms with Crippen molar-refractivity contribution in [1.29, 1.82) is 0 Å². The quantitative estimate of drug-likeness (QED) is 0.0320. The molecule has 0 saturated carbocycles. The first-order valence-corrected chi connectivity index (χ1v) is 39.1. The summed E-state index contributed by atoms with van der Waals surface area (Å²) in [4.78, 5) is 24.6. The molecule has 0 aromatic heterocycles. The number of aliphatic hydroxyl groups is 2. The van der Waals surface area contributed by atoms with Crippen LogP contribution in [0.2, 0.25) is 0 Å². The Kier molecular flexibility index (Phi) is 73.9. The van der Waals surface area contributed by atoms with Gasteiger partial charge in [0.2, 0.25) is 5.91 Å². The van der Waals surface area contributed by atoms with E-state index < -0.39 is 12.1 Å². The van der Waals surface area contributed by atoms with Crippen molar-refractivity contribution < 1.29 is 24.5 Å². The van der Waals surface area contributed by atoms with Crippen LogP contribution in [0.1, 0.15) is 418 Å². The van der Waals surface area contributed by atoms with Gasteiger partial charge in [-0.15, -0.1) is 0 Å². The minimum Gasteiger partial charge on any atom is -0.466 e. The number of hydrogen-bond acceptors (Lipinski definition) is 5. The van der Waals surface area contributed by atoms with Crippen LogP contribution in [0.15, 0.2) is 60.8 Å². The first kappa shape index (κ1) is 84.6. The van der Waals surface area contributed by atoms with E-state index in [4.69, 9.17) is 4.74 Å². The molecule has 0 saturated heterocycles. The van der Waals surface area contributed by atoms with Gasteiger partial charge in [-0.3, -0.25) is 9.59 Å². The molecule has 0 fully saturated rings. The molecule has 0 spiro atoms. The zero-order chi connectivity index (χ0) is 62.8. The van der Waals surface area contributed by atoms with E-state index in [0.717, 1.165) is 57.8 Å². The van der Waals surface area contributed by atoms with Gasteiger partial charge >= 0.3 is 5.97 Å². The lowest BCUT2D eigenvalue weighted by molar-refractivity contribution is -0.143. The molecule has 0 bridgehead atoms. The summed E-state index contributed by atoms with van der Waals surface area (Å²) in [6, 6.07) is -0.626. The normalized spacial score (nSPS) is 12.8. The van der Waals surface area contributed by atoms with Gasteiger partial charge in [-0.2, -0.15) is 0 Å². The van der Waals surface area contributed by atoms with Gasteiger partial charge in [0, 0.05) is 12.8 Å². The van der Waals surface area contributed by atoms with E-state index in [9.17, 15) is 19.8 Å². The molecule has 0 aliphatic rings. The maximum Gasteiger partial charge on any atom is 0.305 e. The Hall–Kier alpha value is -2.44. The average Bonchev–Trinajstić information content (AvgIpc) is 3.53. The average molecular weight is 1220 g/mol. The number of carbonyl (C=O) groups excluding carboxylic acids is 2. The van der Waals surface area contributed by atoms with Crippen LogP contribution in [0, 0.1) is 0 Å². The van der Waals surface area contributed by atoms with Gasteiger partial charge in [0.25, 0.3) is 0 Å². The summed E-state index contributed by atoms with van der Waals surface area (Å²) in [6.07, 6.45) is 102. The number of ether oxygens (including phenoxy) is 1. The van der Waals surface area contributed by atoms with E-state index in [-0.39, 0.29) is 18.5 Å². The molecule has 0 aromatic carbocycles. The molecule has 2 atom stereocenters. The second-order valence-corrected chi connectivity index (χ2v) is 26.7. The zero-order valence-electron chi connectivity index (χ0n) is 58.5. The van der Waals surface area contributed by atoms with Gasteiger partial charge in [0.1, 0.15) is 0 Å². The number of carbonyl (C=O) groups is 2. The van der Waals surface area contributed by atoms with Gasteiger partial charge in [-0.05, 0) is 96.3 Å². The molecule has 6 heteroatoms. The third kappa shape index (κ3) is 72.5. The van der Waals surface area contributed by atoms with Crippen LogP contribution >= 0.6 is 0 Å². The summed E-state index contributed by atoms with van der Waals surface area (Å²) < 4.78 is 5.51. The van der Waals surface area contributed by atoms with E-state index in [1.54, 1.807) is 6.08 Å². The van der Waals surface area contributed by atoms with Crippen molar-refractivity contribution in [2.75, 3.05) is 13.2 Å². The fourth-order valence-electron chi connectivity index (χ4n) is 12.1. The van der Waals surface area contributed by atoms with Crippen LogP contribution in [0.3, 0.4) is 0 Å². The molecule has 1 amide bonds. The Balaban J connectivity index is 3.36. The Morgan fingerprint density at radius 2 is 0.575 bits per heavy atom. The molecule has 0 radical (unpaired) electrons. The smallest absolute Gasteiger partial charge is 0.305 e. The Labute approximate surface area is 543 Å². The number of amides is 1. The van der Waals surface area contributed by atoms with Gasteiger partial charge < -0.3 is 20.3 Å². The second-order valence-electron chi connectivity index (χ2n) is 26.7. The van der Waals surface area contributed by atoms with Crippen molar-refractivity contribution in [2.45, 2.75) is 431 Å². The third-order valence-corrected chi connectivity index (χ3v) is 18.0. The van der Waals surface area contributed by atoms with Crippen molar-refractivity contribution in [3.63, 3.8) is 0 Å².